The van der Waals surface area contributed by atoms with E-state index >= 15 is 0 Å². The van der Waals surface area contributed by atoms with Crippen LogP contribution in [0, 0.1) is 0 Å². The molecule has 4 aromatic rings. The molecule has 0 aromatic heterocycles. The standard InChI is InChI=1S/C33H36/c1-23(2)33-31(25(4)28-17-11-7-12-18-28)21-30(24(3)27-15-9-6-10-16-27)22-32(33)26(5)29-19-13-8-14-20-29/h6-26H,1-5H3. The van der Waals surface area contributed by atoms with Crippen LogP contribution in [0.4, 0.5) is 0 Å². The van der Waals surface area contributed by atoms with Gasteiger partial charge in [0.05, 0.1) is 0 Å². The molecule has 0 aliphatic rings. The molecule has 0 fully saturated rings. The minimum absolute atomic E-state index is 0.341. The van der Waals surface area contributed by atoms with Gasteiger partial charge >= 0.3 is 0 Å². The van der Waals surface area contributed by atoms with Crippen molar-refractivity contribution >= 4 is 0 Å². The first-order chi connectivity index (χ1) is 16.0. The van der Waals surface area contributed by atoms with Crippen molar-refractivity contribution < 1.29 is 0 Å². The molecule has 0 aliphatic heterocycles. The third kappa shape index (κ3) is 4.96. The molecule has 0 saturated heterocycles. The molecule has 0 radical (unpaired) electrons. The van der Waals surface area contributed by atoms with E-state index in [0.29, 0.717) is 23.7 Å². The lowest BCUT2D eigenvalue weighted by Gasteiger charge is -2.28. The lowest BCUT2D eigenvalue weighted by molar-refractivity contribution is 0.765. The lowest BCUT2D eigenvalue weighted by atomic mass is 9.76. The molecule has 0 N–H and O–H groups in total. The second-order valence-corrected chi connectivity index (χ2v) is 9.66. The minimum atomic E-state index is 0.341. The van der Waals surface area contributed by atoms with Gasteiger partial charge in [0, 0.05) is 17.8 Å². The molecule has 0 saturated carbocycles. The number of benzene rings is 4. The van der Waals surface area contributed by atoms with E-state index in [1.807, 2.05) is 0 Å². The van der Waals surface area contributed by atoms with E-state index in [0.717, 1.165) is 0 Å². The highest BCUT2D eigenvalue weighted by molar-refractivity contribution is 5.51. The Kier molecular flexibility index (Phi) is 7.14. The number of rotatable bonds is 7. The topological polar surface area (TPSA) is 0 Å². The van der Waals surface area contributed by atoms with Crippen molar-refractivity contribution in [3.05, 3.63) is 142 Å². The zero-order valence-corrected chi connectivity index (χ0v) is 20.6. The maximum atomic E-state index is 2.49. The lowest BCUT2D eigenvalue weighted by Crippen LogP contribution is -2.12. The Morgan fingerprint density at radius 1 is 0.394 bits per heavy atom. The Bertz CT molecular complexity index is 1090. The monoisotopic (exact) mass is 432 g/mol. The van der Waals surface area contributed by atoms with Crippen LogP contribution < -0.4 is 0 Å². The van der Waals surface area contributed by atoms with Crippen molar-refractivity contribution in [2.75, 3.05) is 0 Å². The molecule has 4 aromatic carbocycles. The summed E-state index contributed by atoms with van der Waals surface area (Å²) >= 11 is 0. The molecule has 0 aliphatic carbocycles. The van der Waals surface area contributed by atoms with E-state index in [2.05, 4.69) is 138 Å². The largest absolute Gasteiger partial charge is 0.0622 e. The fourth-order valence-corrected chi connectivity index (χ4v) is 5.13. The minimum Gasteiger partial charge on any atom is -0.0622 e. The molecule has 0 nitrogen and oxygen atoms in total. The van der Waals surface area contributed by atoms with Gasteiger partial charge in [-0.25, -0.2) is 0 Å². The summed E-state index contributed by atoms with van der Waals surface area (Å²) < 4.78 is 0. The number of hydrogen-bond acceptors (Lipinski definition) is 0. The van der Waals surface area contributed by atoms with Gasteiger partial charge in [0.15, 0.2) is 0 Å². The smallest absolute Gasteiger partial charge is 0.00640 e. The van der Waals surface area contributed by atoms with Crippen molar-refractivity contribution in [2.24, 2.45) is 0 Å². The second kappa shape index (κ2) is 10.2. The molecular weight excluding hydrogens is 396 g/mol. The molecule has 168 valence electrons. The quantitative estimate of drug-likeness (QED) is 0.273. The molecule has 33 heavy (non-hydrogen) atoms. The summed E-state index contributed by atoms with van der Waals surface area (Å²) in [5.41, 5.74) is 9.97. The highest BCUT2D eigenvalue weighted by atomic mass is 14.3. The van der Waals surface area contributed by atoms with Gasteiger partial charge in [-0.2, -0.15) is 0 Å². The van der Waals surface area contributed by atoms with E-state index < -0.39 is 0 Å². The van der Waals surface area contributed by atoms with Crippen LogP contribution in [0.15, 0.2) is 103 Å². The molecule has 4 rings (SSSR count). The summed E-state index contributed by atoms with van der Waals surface area (Å²) in [7, 11) is 0. The predicted molar refractivity (Wildman–Crippen MR) is 142 cm³/mol. The van der Waals surface area contributed by atoms with Gasteiger partial charge in [0.1, 0.15) is 0 Å². The molecule has 0 amide bonds. The summed E-state index contributed by atoms with van der Waals surface area (Å²) in [6.45, 7) is 11.8. The fraction of sp³-hybridized carbons (Fsp3) is 0.273. The van der Waals surface area contributed by atoms with E-state index in [9.17, 15) is 0 Å². The summed E-state index contributed by atoms with van der Waals surface area (Å²) in [5, 5.41) is 0. The maximum absolute atomic E-state index is 2.49. The maximum Gasteiger partial charge on any atom is 0.00640 e. The van der Waals surface area contributed by atoms with Gasteiger partial charge in [0.2, 0.25) is 0 Å². The van der Waals surface area contributed by atoms with E-state index in [-0.39, 0.29) is 0 Å². The van der Waals surface area contributed by atoms with Crippen LogP contribution in [0.3, 0.4) is 0 Å². The second-order valence-electron chi connectivity index (χ2n) is 9.66. The zero-order valence-electron chi connectivity index (χ0n) is 20.6. The molecular formula is C33H36. The Hall–Kier alpha value is -3.12. The van der Waals surface area contributed by atoms with Gasteiger partial charge in [-0.15, -0.1) is 0 Å². The van der Waals surface area contributed by atoms with Crippen LogP contribution in [0.25, 0.3) is 0 Å². The van der Waals surface area contributed by atoms with Crippen LogP contribution in [-0.2, 0) is 0 Å². The van der Waals surface area contributed by atoms with Crippen molar-refractivity contribution in [3.63, 3.8) is 0 Å². The molecule has 3 atom stereocenters. The highest BCUT2D eigenvalue weighted by Gasteiger charge is 2.24. The molecule has 0 spiro atoms. The van der Waals surface area contributed by atoms with E-state index in [1.54, 1.807) is 0 Å². The summed E-state index contributed by atoms with van der Waals surface area (Å²) in [6.07, 6.45) is 0. The van der Waals surface area contributed by atoms with Gasteiger partial charge in [0.25, 0.3) is 0 Å². The first kappa shape index (κ1) is 23.1. The first-order valence-electron chi connectivity index (χ1n) is 12.3. The van der Waals surface area contributed by atoms with Crippen LogP contribution in [0.1, 0.15) is 97.2 Å². The van der Waals surface area contributed by atoms with Crippen LogP contribution in [-0.4, -0.2) is 0 Å². The Morgan fingerprint density at radius 2 is 0.727 bits per heavy atom. The molecule has 0 bridgehead atoms. The predicted octanol–water partition coefficient (Wildman–Crippen LogP) is 9.27. The molecule has 0 heteroatoms. The van der Waals surface area contributed by atoms with Gasteiger partial charge in [-0.05, 0) is 44.9 Å². The Balaban J connectivity index is 1.93. The molecule has 0 heterocycles. The Morgan fingerprint density at radius 3 is 1.06 bits per heavy atom. The van der Waals surface area contributed by atoms with Crippen molar-refractivity contribution in [2.45, 2.75) is 58.3 Å². The first-order valence-corrected chi connectivity index (χ1v) is 12.3. The SMILES string of the molecule is CC(C)c1c(C(C)c2ccccc2)cc(C(C)c2ccccc2)cc1C(C)c1ccccc1. The fourth-order valence-electron chi connectivity index (χ4n) is 5.13. The van der Waals surface area contributed by atoms with Crippen molar-refractivity contribution in [1.82, 2.24) is 0 Å². The summed E-state index contributed by atoms with van der Waals surface area (Å²) in [4.78, 5) is 0. The average molecular weight is 433 g/mol. The van der Waals surface area contributed by atoms with Crippen LogP contribution in [0.5, 0.6) is 0 Å². The van der Waals surface area contributed by atoms with E-state index in [4.69, 9.17) is 0 Å². The van der Waals surface area contributed by atoms with Crippen molar-refractivity contribution in [1.29, 1.82) is 0 Å². The third-order valence-corrected chi connectivity index (χ3v) is 7.18. The van der Waals surface area contributed by atoms with Crippen LogP contribution in [0.2, 0.25) is 0 Å². The third-order valence-electron chi connectivity index (χ3n) is 7.18. The van der Waals surface area contributed by atoms with Gasteiger partial charge < -0.3 is 0 Å². The number of hydrogen-bond donors (Lipinski definition) is 0. The summed E-state index contributed by atoms with van der Waals surface area (Å²) in [6, 6.07) is 37.8. The van der Waals surface area contributed by atoms with Gasteiger partial charge in [-0.1, -0.05) is 138 Å². The summed E-state index contributed by atoms with van der Waals surface area (Å²) in [5.74, 6) is 1.48. The molecule has 3 unspecified atom stereocenters. The van der Waals surface area contributed by atoms with Crippen LogP contribution >= 0.6 is 0 Å². The highest BCUT2D eigenvalue weighted by Crippen LogP contribution is 2.41. The normalized spacial score (nSPS) is 14.1. The van der Waals surface area contributed by atoms with Crippen molar-refractivity contribution in [3.8, 4) is 0 Å². The Labute approximate surface area is 200 Å². The average Bonchev–Trinajstić information content (AvgIpc) is 2.88. The van der Waals surface area contributed by atoms with Gasteiger partial charge in [-0.3, -0.25) is 0 Å². The zero-order chi connectivity index (χ0) is 23.4. The van der Waals surface area contributed by atoms with E-state index in [1.165, 1.54) is 38.9 Å².